The Morgan fingerprint density at radius 3 is 2.47 bits per heavy atom. The number of carbonyl (C=O) groups excluding carboxylic acids is 1. The van der Waals surface area contributed by atoms with E-state index in [-0.39, 0.29) is 36.3 Å². The number of nitrogens with zero attached hydrogens (tertiary/aromatic N) is 4. The molecule has 0 aromatic carbocycles. The van der Waals surface area contributed by atoms with E-state index in [0.29, 0.717) is 17.7 Å². The third-order valence-corrected chi connectivity index (χ3v) is 6.39. The maximum absolute atomic E-state index is 15.1. The van der Waals surface area contributed by atoms with Crippen molar-refractivity contribution < 1.29 is 18.3 Å². The fraction of sp³-hybridized carbons (Fsp3) is 0.696. The Bertz CT molecular complexity index is 1140. The number of hydrogen-bond acceptors (Lipinski definition) is 4. The van der Waals surface area contributed by atoms with Crippen molar-refractivity contribution in [3.63, 3.8) is 0 Å². The van der Waals surface area contributed by atoms with Crippen LogP contribution < -0.4 is 5.69 Å². The number of amides is 1. The maximum atomic E-state index is 15.1. The predicted octanol–water partition coefficient (Wildman–Crippen LogP) is 3.92. The van der Waals surface area contributed by atoms with Crippen molar-refractivity contribution >= 4 is 17.3 Å². The Hall–Kier alpha value is -2.45. The van der Waals surface area contributed by atoms with Crippen molar-refractivity contribution in [2.24, 2.45) is 18.4 Å². The van der Waals surface area contributed by atoms with Crippen LogP contribution in [0.3, 0.4) is 0 Å². The SMILES string of the molecule is Cn1c(=O)n(CC(C)(C)C)c2ccc(C34CN(C(=O)OC(C)(C)C)CCC3C4(F)F)nc21. The van der Waals surface area contributed by atoms with Crippen LogP contribution in [0.4, 0.5) is 13.6 Å². The molecule has 1 saturated carbocycles. The van der Waals surface area contributed by atoms with Crippen LogP contribution in [0.1, 0.15) is 53.7 Å². The Morgan fingerprint density at radius 1 is 1.22 bits per heavy atom. The highest BCUT2D eigenvalue weighted by molar-refractivity contribution is 5.73. The van der Waals surface area contributed by atoms with E-state index in [2.05, 4.69) is 4.98 Å². The van der Waals surface area contributed by atoms with Crippen molar-refractivity contribution in [3.05, 3.63) is 28.3 Å². The lowest BCUT2D eigenvalue weighted by atomic mass is 9.92. The van der Waals surface area contributed by atoms with Crippen molar-refractivity contribution in [3.8, 4) is 0 Å². The summed E-state index contributed by atoms with van der Waals surface area (Å²) in [5, 5.41) is 0. The Labute approximate surface area is 186 Å². The number of likely N-dealkylation sites (tertiary alicyclic amines) is 1. The average molecular weight is 451 g/mol. The zero-order chi connectivity index (χ0) is 23.9. The van der Waals surface area contributed by atoms with Gasteiger partial charge in [-0.2, -0.15) is 0 Å². The lowest BCUT2D eigenvalue weighted by molar-refractivity contribution is 0.0171. The summed E-state index contributed by atoms with van der Waals surface area (Å²) in [6.07, 6.45) is -0.418. The molecule has 2 unspecified atom stereocenters. The van der Waals surface area contributed by atoms with Gasteiger partial charge in [0, 0.05) is 32.6 Å². The number of halogens is 2. The van der Waals surface area contributed by atoms with Gasteiger partial charge in [-0.05, 0) is 44.7 Å². The second-order valence-corrected chi connectivity index (χ2v) is 11.4. The van der Waals surface area contributed by atoms with Crippen LogP contribution in [0.15, 0.2) is 16.9 Å². The summed E-state index contributed by atoms with van der Waals surface area (Å²) in [6.45, 7) is 11.9. The number of alkyl halides is 2. The third kappa shape index (κ3) is 3.40. The van der Waals surface area contributed by atoms with Crippen molar-refractivity contribution in [1.29, 1.82) is 0 Å². The molecule has 0 radical (unpaired) electrons. The van der Waals surface area contributed by atoms with E-state index in [1.807, 2.05) is 20.8 Å². The number of pyridine rings is 1. The first-order valence-corrected chi connectivity index (χ1v) is 11.0. The second-order valence-electron chi connectivity index (χ2n) is 11.4. The molecule has 2 aromatic heterocycles. The molecule has 0 bridgehead atoms. The normalized spacial score (nSPS) is 25.0. The molecule has 1 saturated heterocycles. The van der Waals surface area contributed by atoms with Gasteiger partial charge in [0.2, 0.25) is 0 Å². The Kier molecular flexibility index (Phi) is 4.81. The quantitative estimate of drug-likeness (QED) is 0.695. The number of hydrogen-bond donors (Lipinski definition) is 0. The molecular weight excluding hydrogens is 418 g/mol. The number of aromatic nitrogens is 3. The van der Waals surface area contributed by atoms with Gasteiger partial charge in [-0.25, -0.2) is 23.4 Å². The van der Waals surface area contributed by atoms with Crippen LogP contribution in [0.25, 0.3) is 11.2 Å². The average Bonchev–Trinajstić information content (AvgIpc) is 3.08. The van der Waals surface area contributed by atoms with E-state index in [1.165, 1.54) is 9.47 Å². The monoisotopic (exact) mass is 450 g/mol. The highest BCUT2D eigenvalue weighted by Crippen LogP contribution is 2.69. The molecule has 3 heterocycles. The molecule has 2 fully saturated rings. The van der Waals surface area contributed by atoms with E-state index >= 15 is 8.78 Å². The van der Waals surface area contributed by atoms with Crippen LogP contribution in [-0.2, 0) is 23.7 Å². The molecule has 1 aliphatic carbocycles. The van der Waals surface area contributed by atoms with Gasteiger partial charge in [-0.15, -0.1) is 0 Å². The van der Waals surface area contributed by atoms with Crippen molar-refractivity contribution in [1.82, 2.24) is 19.0 Å². The molecule has 2 atom stereocenters. The van der Waals surface area contributed by atoms with Crippen LogP contribution >= 0.6 is 0 Å². The summed E-state index contributed by atoms with van der Waals surface area (Å²) in [5.41, 5.74) is -1.42. The standard InChI is InChI=1S/C23H32F2N4O3/c1-20(2,3)12-29-14-8-9-16(26-17(14)27(7)18(29)30)22-13-28(19(31)32-21(4,5)6)11-10-15(22)23(22,24)25/h8-9,15H,10-13H2,1-7H3. The van der Waals surface area contributed by atoms with Gasteiger partial charge < -0.3 is 9.64 Å². The first kappa shape index (κ1) is 22.7. The fourth-order valence-corrected chi connectivity index (χ4v) is 4.90. The number of rotatable bonds is 2. The zero-order valence-corrected chi connectivity index (χ0v) is 19.8. The van der Waals surface area contributed by atoms with Gasteiger partial charge in [-0.1, -0.05) is 20.8 Å². The first-order chi connectivity index (χ1) is 14.6. The minimum Gasteiger partial charge on any atom is -0.444 e. The molecule has 2 aromatic rings. The molecule has 0 spiro atoms. The zero-order valence-electron chi connectivity index (χ0n) is 19.8. The molecule has 1 aliphatic heterocycles. The van der Waals surface area contributed by atoms with E-state index in [1.54, 1.807) is 44.5 Å². The molecule has 0 N–H and O–H groups in total. The number of carbonyl (C=O) groups is 1. The summed E-state index contributed by atoms with van der Waals surface area (Å²) in [7, 11) is 1.61. The highest BCUT2D eigenvalue weighted by atomic mass is 19.3. The summed E-state index contributed by atoms with van der Waals surface area (Å²) >= 11 is 0. The lowest BCUT2D eigenvalue weighted by Crippen LogP contribution is -2.46. The summed E-state index contributed by atoms with van der Waals surface area (Å²) < 4.78 is 38.7. The van der Waals surface area contributed by atoms with Crippen LogP contribution in [0.2, 0.25) is 0 Å². The molecular formula is C23H32F2N4O3. The number of imidazole rings is 1. The molecule has 2 aliphatic rings. The smallest absolute Gasteiger partial charge is 0.410 e. The minimum atomic E-state index is -2.97. The fourth-order valence-electron chi connectivity index (χ4n) is 4.90. The number of aryl methyl sites for hydroxylation is 1. The van der Waals surface area contributed by atoms with E-state index in [0.717, 1.165) is 0 Å². The number of ether oxygens (including phenoxy) is 1. The highest BCUT2D eigenvalue weighted by Gasteiger charge is 2.83. The molecule has 7 nitrogen and oxygen atoms in total. The van der Waals surface area contributed by atoms with Crippen LogP contribution in [-0.4, -0.2) is 49.7 Å². The molecule has 176 valence electrons. The van der Waals surface area contributed by atoms with Crippen molar-refractivity contribution in [2.75, 3.05) is 13.1 Å². The largest absolute Gasteiger partial charge is 0.444 e. The molecule has 32 heavy (non-hydrogen) atoms. The Morgan fingerprint density at radius 2 is 1.88 bits per heavy atom. The topological polar surface area (TPSA) is 69.4 Å². The Balaban J connectivity index is 1.74. The minimum absolute atomic E-state index is 0.138. The summed E-state index contributed by atoms with van der Waals surface area (Å²) in [5.74, 6) is -3.86. The van der Waals surface area contributed by atoms with Gasteiger partial charge >= 0.3 is 11.8 Å². The number of piperidine rings is 1. The van der Waals surface area contributed by atoms with Gasteiger partial charge in [0.15, 0.2) is 5.65 Å². The first-order valence-electron chi connectivity index (χ1n) is 11.0. The van der Waals surface area contributed by atoms with E-state index in [4.69, 9.17) is 4.74 Å². The van der Waals surface area contributed by atoms with E-state index in [9.17, 15) is 9.59 Å². The van der Waals surface area contributed by atoms with Gasteiger partial charge in [-0.3, -0.25) is 9.13 Å². The predicted molar refractivity (Wildman–Crippen MR) is 117 cm³/mol. The van der Waals surface area contributed by atoms with Crippen molar-refractivity contribution in [2.45, 2.75) is 71.4 Å². The summed E-state index contributed by atoms with van der Waals surface area (Å²) in [6, 6.07) is 3.30. The van der Waals surface area contributed by atoms with Gasteiger partial charge in [0.1, 0.15) is 11.0 Å². The number of fused-ring (bicyclic) bond motifs is 2. The van der Waals surface area contributed by atoms with Crippen LogP contribution in [0.5, 0.6) is 0 Å². The second kappa shape index (κ2) is 6.78. The van der Waals surface area contributed by atoms with Gasteiger partial charge in [0.05, 0.1) is 11.2 Å². The lowest BCUT2D eigenvalue weighted by Gasteiger charge is -2.33. The van der Waals surface area contributed by atoms with Gasteiger partial charge in [0.25, 0.3) is 5.92 Å². The van der Waals surface area contributed by atoms with Crippen LogP contribution in [0, 0.1) is 11.3 Å². The maximum Gasteiger partial charge on any atom is 0.410 e. The molecule has 9 heteroatoms. The van der Waals surface area contributed by atoms with E-state index < -0.39 is 28.9 Å². The summed E-state index contributed by atoms with van der Waals surface area (Å²) in [4.78, 5) is 31.3. The molecule has 4 rings (SSSR count). The molecule has 1 amide bonds. The third-order valence-electron chi connectivity index (χ3n) is 6.39.